The molecule has 0 bridgehead atoms. The fraction of sp³-hybridized carbons (Fsp3) is 0.435. The Balaban J connectivity index is 1.88. The van der Waals surface area contributed by atoms with Crippen molar-refractivity contribution in [2.24, 2.45) is 17.3 Å². The van der Waals surface area contributed by atoms with Gasteiger partial charge in [0.15, 0.2) is 5.78 Å². The first-order valence-corrected chi connectivity index (χ1v) is 9.74. The van der Waals surface area contributed by atoms with Crippen LogP contribution in [0.4, 0.5) is 5.69 Å². The van der Waals surface area contributed by atoms with Crippen molar-refractivity contribution in [1.82, 2.24) is 4.90 Å². The van der Waals surface area contributed by atoms with E-state index < -0.39 is 23.3 Å². The number of anilines is 1. The van der Waals surface area contributed by atoms with Crippen molar-refractivity contribution in [3.63, 3.8) is 0 Å². The number of carbonyl (C=O) groups excluding carboxylic acids is 3. The lowest BCUT2D eigenvalue weighted by Gasteiger charge is -2.38. The Bertz CT molecular complexity index is 924. The molecule has 5 heteroatoms. The number of ketones is 1. The minimum Gasteiger partial charge on any atom is -0.353 e. The molecular formula is C23H26N2O3. The predicted octanol–water partition coefficient (Wildman–Crippen LogP) is 2.98. The number of likely N-dealkylation sites (tertiary alicyclic amines) is 1. The number of hydrogen-bond acceptors (Lipinski definition) is 4. The summed E-state index contributed by atoms with van der Waals surface area (Å²) in [5.41, 5.74) is 2.45. The molecule has 0 unspecified atom stereocenters. The van der Waals surface area contributed by atoms with E-state index in [1.807, 2.05) is 56.9 Å². The molecule has 0 spiro atoms. The largest absolute Gasteiger partial charge is 0.353 e. The first-order chi connectivity index (χ1) is 13.2. The molecule has 4 rings (SSSR count). The molecule has 28 heavy (non-hydrogen) atoms. The highest BCUT2D eigenvalue weighted by Crippen LogP contribution is 2.49. The Morgan fingerprint density at radius 2 is 1.86 bits per heavy atom. The molecule has 0 saturated carbocycles. The second-order valence-electron chi connectivity index (χ2n) is 9.01. The Kier molecular flexibility index (Phi) is 4.11. The number of Topliss-reactive ketones (excluding diaryl/α,β-unsaturated/α-hetero) is 1. The number of rotatable bonds is 3. The van der Waals surface area contributed by atoms with Gasteiger partial charge in [-0.05, 0) is 24.6 Å². The summed E-state index contributed by atoms with van der Waals surface area (Å²) in [5, 5.41) is 0. The number of imide groups is 1. The van der Waals surface area contributed by atoms with Gasteiger partial charge in [-0.15, -0.1) is 6.58 Å². The van der Waals surface area contributed by atoms with Crippen molar-refractivity contribution in [3.8, 4) is 0 Å². The maximum Gasteiger partial charge on any atom is 0.236 e. The van der Waals surface area contributed by atoms with Gasteiger partial charge in [0.1, 0.15) is 6.04 Å². The number of benzene rings is 1. The van der Waals surface area contributed by atoms with Crippen LogP contribution in [0, 0.1) is 24.2 Å². The Morgan fingerprint density at radius 3 is 2.50 bits per heavy atom. The highest BCUT2D eigenvalue weighted by atomic mass is 16.2. The van der Waals surface area contributed by atoms with Crippen LogP contribution in [-0.4, -0.2) is 41.1 Å². The van der Waals surface area contributed by atoms with Gasteiger partial charge in [0.25, 0.3) is 0 Å². The van der Waals surface area contributed by atoms with E-state index >= 15 is 0 Å². The maximum atomic E-state index is 13.5. The van der Waals surface area contributed by atoms with Crippen molar-refractivity contribution < 1.29 is 14.4 Å². The number of fused-ring (bicyclic) bond motifs is 5. The van der Waals surface area contributed by atoms with Crippen LogP contribution in [0.1, 0.15) is 31.9 Å². The average Bonchev–Trinajstić information content (AvgIpc) is 3.09. The van der Waals surface area contributed by atoms with Crippen molar-refractivity contribution in [3.05, 3.63) is 48.1 Å². The van der Waals surface area contributed by atoms with Crippen LogP contribution in [0.5, 0.6) is 0 Å². The van der Waals surface area contributed by atoms with Crippen LogP contribution in [0.25, 0.3) is 6.08 Å². The van der Waals surface area contributed by atoms with Gasteiger partial charge in [0, 0.05) is 17.6 Å². The lowest BCUT2D eigenvalue weighted by Crippen LogP contribution is -2.51. The summed E-state index contributed by atoms with van der Waals surface area (Å²) in [7, 11) is 0. The van der Waals surface area contributed by atoms with Gasteiger partial charge in [0.05, 0.1) is 17.9 Å². The van der Waals surface area contributed by atoms with Crippen LogP contribution in [0.2, 0.25) is 0 Å². The van der Waals surface area contributed by atoms with E-state index in [0.717, 1.165) is 16.8 Å². The molecule has 0 aliphatic carbocycles. The third kappa shape index (κ3) is 2.49. The maximum absolute atomic E-state index is 13.5. The standard InChI is InChI=1S/C23H26N2O3/c1-6-11-24-21(27)17-16-10-8-14-12-13(2)7-9-15(14)25(16)19(18(17)22(24)28)20(26)23(3,4)5/h6-10,12,16-19H,1,11H2,2-5H3/t16-,17+,18+,19+/m0/s1. The molecule has 0 N–H and O–H groups in total. The Labute approximate surface area is 165 Å². The van der Waals surface area contributed by atoms with E-state index in [0.29, 0.717) is 0 Å². The zero-order chi connectivity index (χ0) is 20.4. The monoisotopic (exact) mass is 378 g/mol. The van der Waals surface area contributed by atoms with Crippen molar-refractivity contribution in [2.75, 3.05) is 11.4 Å². The fourth-order valence-electron chi connectivity index (χ4n) is 4.81. The Morgan fingerprint density at radius 1 is 1.18 bits per heavy atom. The molecule has 1 aromatic rings. The first-order valence-electron chi connectivity index (χ1n) is 9.74. The molecule has 5 nitrogen and oxygen atoms in total. The minimum absolute atomic E-state index is 0.00609. The summed E-state index contributed by atoms with van der Waals surface area (Å²) in [6, 6.07) is 5.15. The van der Waals surface area contributed by atoms with Gasteiger partial charge in [-0.1, -0.05) is 50.6 Å². The van der Waals surface area contributed by atoms with E-state index in [9.17, 15) is 14.4 Å². The van der Waals surface area contributed by atoms with Crippen LogP contribution >= 0.6 is 0 Å². The quantitative estimate of drug-likeness (QED) is 0.599. The van der Waals surface area contributed by atoms with Crippen molar-refractivity contribution >= 4 is 29.4 Å². The second-order valence-corrected chi connectivity index (χ2v) is 9.01. The van der Waals surface area contributed by atoms with E-state index in [4.69, 9.17) is 0 Å². The molecule has 3 heterocycles. The van der Waals surface area contributed by atoms with Gasteiger partial charge >= 0.3 is 0 Å². The van der Waals surface area contributed by atoms with Crippen LogP contribution in [-0.2, 0) is 14.4 Å². The summed E-state index contributed by atoms with van der Waals surface area (Å²) in [6.07, 6.45) is 5.56. The van der Waals surface area contributed by atoms with Gasteiger partial charge in [-0.2, -0.15) is 0 Å². The number of hydrogen-bond donors (Lipinski definition) is 0. The van der Waals surface area contributed by atoms with Crippen LogP contribution in [0.15, 0.2) is 36.9 Å². The normalized spacial score (nSPS) is 28.3. The third-order valence-corrected chi connectivity index (χ3v) is 6.07. The molecule has 0 aromatic heterocycles. The van der Waals surface area contributed by atoms with Crippen LogP contribution < -0.4 is 4.90 Å². The van der Waals surface area contributed by atoms with Crippen molar-refractivity contribution in [1.29, 1.82) is 0 Å². The molecule has 1 aromatic carbocycles. The molecule has 0 radical (unpaired) electrons. The van der Waals surface area contributed by atoms with Crippen LogP contribution in [0.3, 0.4) is 0 Å². The average molecular weight is 378 g/mol. The van der Waals surface area contributed by atoms with E-state index in [1.54, 1.807) is 6.08 Å². The fourth-order valence-corrected chi connectivity index (χ4v) is 4.81. The number of carbonyl (C=O) groups is 3. The molecule has 2 amide bonds. The number of nitrogens with zero attached hydrogens (tertiary/aromatic N) is 2. The van der Waals surface area contributed by atoms with Gasteiger partial charge in [-0.25, -0.2) is 0 Å². The summed E-state index contributed by atoms with van der Waals surface area (Å²) < 4.78 is 0. The molecular weight excluding hydrogens is 352 g/mol. The van der Waals surface area contributed by atoms with Gasteiger partial charge in [0.2, 0.25) is 11.8 Å². The second kappa shape index (κ2) is 6.16. The molecule has 146 valence electrons. The van der Waals surface area contributed by atoms with E-state index in [-0.39, 0.29) is 30.2 Å². The first kappa shape index (κ1) is 18.7. The summed E-state index contributed by atoms with van der Waals surface area (Å²) >= 11 is 0. The highest BCUT2D eigenvalue weighted by Gasteiger charge is 2.64. The molecule has 4 atom stereocenters. The smallest absolute Gasteiger partial charge is 0.236 e. The summed E-state index contributed by atoms with van der Waals surface area (Å²) in [5.74, 6) is -1.65. The third-order valence-electron chi connectivity index (χ3n) is 6.07. The topological polar surface area (TPSA) is 57.7 Å². The molecule has 3 aliphatic rings. The summed E-state index contributed by atoms with van der Waals surface area (Å²) in [6.45, 7) is 11.5. The summed E-state index contributed by atoms with van der Waals surface area (Å²) in [4.78, 5) is 43.1. The predicted molar refractivity (Wildman–Crippen MR) is 109 cm³/mol. The SMILES string of the molecule is C=CCN1C(=O)[C@@H]2[C@H](C1=O)[C@@H]1C=Cc3cc(C)ccc3N1[C@H]2C(=O)C(C)(C)C. The zero-order valence-corrected chi connectivity index (χ0v) is 16.8. The lowest BCUT2D eigenvalue weighted by atomic mass is 9.79. The van der Waals surface area contributed by atoms with Crippen molar-refractivity contribution in [2.45, 2.75) is 39.8 Å². The van der Waals surface area contributed by atoms with E-state index in [1.165, 1.54) is 4.90 Å². The van der Waals surface area contributed by atoms with E-state index in [2.05, 4.69) is 12.6 Å². The lowest BCUT2D eigenvalue weighted by molar-refractivity contribution is -0.141. The van der Waals surface area contributed by atoms with Gasteiger partial charge < -0.3 is 4.90 Å². The van der Waals surface area contributed by atoms with Gasteiger partial charge in [-0.3, -0.25) is 19.3 Å². The molecule has 2 fully saturated rings. The molecule has 2 saturated heterocycles. The minimum atomic E-state index is -0.652. The highest BCUT2D eigenvalue weighted by molar-refractivity contribution is 6.11. The zero-order valence-electron chi connectivity index (χ0n) is 16.8. The number of aryl methyl sites for hydroxylation is 1. The Hall–Kier alpha value is -2.69. The molecule has 3 aliphatic heterocycles. The number of amides is 2.